The molecule has 0 heterocycles. The van der Waals surface area contributed by atoms with Crippen LogP contribution in [0.15, 0.2) is 12.1 Å². The Morgan fingerprint density at radius 1 is 1.31 bits per heavy atom. The third kappa shape index (κ3) is 1.18. The topological polar surface area (TPSA) is 46.2 Å². The number of aliphatic hydroxyl groups is 1. The fourth-order valence-electron chi connectivity index (χ4n) is 2.13. The molecule has 1 aromatic rings. The Kier molecular flexibility index (Phi) is 1.90. The van der Waals surface area contributed by atoms with Gasteiger partial charge < -0.3 is 10.8 Å². The number of hydrogen-bond donors (Lipinski definition) is 2. The maximum atomic E-state index is 9.83. The van der Waals surface area contributed by atoms with Crippen molar-refractivity contribution in [2.24, 2.45) is 5.73 Å². The summed E-state index contributed by atoms with van der Waals surface area (Å²) >= 11 is 0. The highest BCUT2D eigenvalue weighted by Crippen LogP contribution is 2.34. The number of fused-ring (bicyclic) bond motifs is 1. The molecule has 2 unspecified atom stereocenters. The monoisotopic (exact) mass is 177 g/mol. The molecular formula is C11H15NO. The van der Waals surface area contributed by atoms with Crippen molar-refractivity contribution in [2.45, 2.75) is 32.4 Å². The smallest absolute Gasteiger partial charge is 0.0949 e. The second-order valence-electron chi connectivity index (χ2n) is 3.90. The number of hydrogen-bond acceptors (Lipinski definition) is 2. The summed E-state index contributed by atoms with van der Waals surface area (Å²) in [6.45, 7) is 4.10. The van der Waals surface area contributed by atoms with E-state index in [1.807, 2.05) is 6.92 Å². The molecule has 2 heteroatoms. The van der Waals surface area contributed by atoms with Gasteiger partial charge in [-0.1, -0.05) is 12.1 Å². The largest absolute Gasteiger partial charge is 0.387 e. The van der Waals surface area contributed by atoms with Crippen LogP contribution in [0, 0.1) is 13.8 Å². The predicted molar refractivity (Wildman–Crippen MR) is 52.6 cm³/mol. The van der Waals surface area contributed by atoms with Gasteiger partial charge in [-0.25, -0.2) is 0 Å². The number of aryl methyl sites for hydroxylation is 2. The Bertz CT molecular complexity index is 346. The van der Waals surface area contributed by atoms with Crippen molar-refractivity contribution in [1.29, 1.82) is 0 Å². The standard InChI is InChI=1S/C11H15NO/c1-6-3-4-7(2)10-8(6)5-9(12)11(10)13/h3-4,9,11,13H,5,12H2,1-2H3. The van der Waals surface area contributed by atoms with Crippen LogP contribution in [-0.2, 0) is 6.42 Å². The molecule has 0 saturated carbocycles. The van der Waals surface area contributed by atoms with E-state index in [0.29, 0.717) is 0 Å². The lowest BCUT2D eigenvalue weighted by Gasteiger charge is -2.11. The molecule has 1 aromatic carbocycles. The van der Waals surface area contributed by atoms with Gasteiger partial charge in [0.2, 0.25) is 0 Å². The van der Waals surface area contributed by atoms with E-state index < -0.39 is 6.10 Å². The summed E-state index contributed by atoms with van der Waals surface area (Å²) in [5.74, 6) is 0. The van der Waals surface area contributed by atoms with Gasteiger partial charge in [0.25, 0.3) is 0 Å². The molecule has 0 amide bonds. The Morgan fingerprint density at radius 2 is 1.92 bits per heavy atom. The van der Waals surface area contributed by atoms with E-state index in [-0.39, 0.29) is 6.04 Å². The Labute approximate surface area is 78.4 Å². The number of rotatable bonds is 0. The Hall–Kier alpha value is -0.860. The summed E-state index contributed by atoms with van der Waals surface area (Å²) in [5.41, 5.74) is 10.5. The van der Waals surface area contributed by atoms with E-state index in [4.69, 9.17) is 5.73 Å². The van der Waals surface area contributed by atoms with Gasteiger partial charge in [-0.3, -0.25) is 0 Å². The maximum absolute atomic E-state index is 9.83. The zero-order valence-corrected chi connectivity index (χ0v) is 8.04. The first-order chi connectivity index (χ1) is 6.11. The lowest BCUT2D eigenvalue weighted by atomic mass is 9.99. The van der Waals surface area contributed by atoms with Crippen molar-refractivity contribution in [3.63, 3.8) is 0 Å². The van der Waals surface area contributed by atoms with Crippen LogP contribution in [-0.4, -0.2) is 11.1 Å². The van der Waals surface area contributed by atoms with E-state index in [1.165, 1.54) is 11.1 Å². The lowest BCUT2D eigenvalue weighted by molar-refractivity contribution is 0.159. The summed E-state index contributed by atoms with van der Waals surface area (Å²) in [6, 6.07) is 4.03. The van der Waals surface area contributed by atoms with Crippen LogP contribution < -0.4 is 5.73 Å². The normalized spacial score (nSPS) is 26.2. The summed E-state index contributed by atoms with van der Waals surface area (Å²) in [5, 5.41) is 9.83. The summed E-state index contributed by atoms with van der Waals surface area (Å²) in [4.78, 5) is 0. The molecule has 0 bridgehead atoms. The highest BCUT2D eigenvalue weighted by atomic mass is 16.3. The first-order valence-electron chi connectivity index (χ1n) is 4.64. The zero-order chi connectivity index (χ0) is 9.59. The average Bonchev–Trinajstić information content (AvgIpc) is 2.38. The van der Waals surface area contributed by atoms with Gasteiger partial charge in [0.15, 0.2) is 0 Å². The van der Waals surface area contributed by atoms with Crippen LogP contribution in [0.25, 0.3) is 0 Å². The van der Waals surface area contributed by atoms with Gasteiger partial charge in [-0.2, -0.15) is 0 Å². The molecule has 1 aliphatic carbocycles. The SMILES string of the molecule is Cc1ccc(C)c2c1CC(N)C2O. The molecule has 1 aliphatic rings. The van der Waals surface area contributed by atoms with Crippen LogP contribution in [0.4, 0.5) is 0 Å². The van der Waals surface area contributed by atoms with Crippen LogP contribution >= 0.6 is 0 Å². The average molecular weight is 177 g/mol. The molecule has 0 fully saturated rings. The molecule has 0 spiro atoms. The molecule has 0 saturated heterocycles. The minimum absolute atomic E-state index is 0.116. The van der Waals surface area contributed by atoms with Crippen LogP contribution in [0.3, 0.4) is 0 Å². The molecule has 0 aliphatic heterocycles. The van der Waals surface area contributed by atoms with Gasteiger partial charge in [0.05, 0.1) is 6.10 Å². The Morgan fingerprint density at radius 3 is 2.54 bits per heavy atom. The summed E-state index contributed by atoms with van der Waals surface area (Å²) in [6.07, 6.45) is 0.346. The minimum Gasteiger partial charge on any atom is -0.387 e. The highest BCUT2D eigenvalue weighted by molar-refractivity contribution is 5.46. The molecular weight excluding hydrogens is 162 g/mol. The molecule has 2 rings (SSSR count). The van der Waals surface area contributed by atoms with Crippen LogP contribution in [0.1, 0.15) is 28.4 Å². The third-order valence-electron chi connectivity index (χ3n) is 2.95. The molecule has 2 nitrogen and oxygen atoms in total. The van der Waals surface area contributed by atoms with E-state index in [2.05, 4.69) is 19.1 Å². The lowest BCUT2D eigenvalue weighted by Crippen LogP contribution is -2.24. The second kappa shape index (κ2) is 2.82. The molecule has 2 atom stereocenters. The molecule has 3 N–H and O–H groups in total. The summed E-state index contributed by atoms with van der Waals surface area (Å²) in [7, 11) is 0. The van der Waals surface area contributed by atoms with Gasteiger partial charge in [0.1, 0.15) is 0 Å². The first kappa shape index (κ1) is 8.73. The van der Waals surface area contributed by atoms with Crippen molar-refractivity contribution in [1.82, 2.24) is 0 Å². The predicted octanol–water partition coefficient (Wildman–Crippen LogP) is 1.22. The highest BCUT2D eigenvalue weighted by Gasteiger charge is 2.30. The fraction of sp³-hybridized carbons (Fsp3) is 0.455. The fourth-order valence-corrected chi connectivity index (χ4v) is 2.13. The molecule has 0 aromatic heterocycles. The zero-order valence-electron chi connectivity index (χ0n) is 8.04. The van der Waals surface area contributed by atoms with Gasteiger partial charge >= 0.3 is 0 Å². The molecule has 0 radical (unpaired) electrons. The first-order valence-corrected chi connectivity index (χ1v) is 4.64. The minimum atomic E-state index is -0.463. The van der Waals surface area contributed by atoms with Crippen molar-refractivity contribution >= 4 is 0 Å². The maximum Gasteiger partial charge on any atom is 0.0949 e. The third-order valence-corrected chi connectivity index (χ3v) is 2.95. The quantitative estimate of drug-likeness (QED) is 0.626. The number of aliphatic hydroxyl groups excluding tert-OH is 1. The van der Waals surface area contributed by atoms with E-state index in [9.17, 15) is 5.11 Å². The molecule has 70 valence electrons. The van der Waals surface area contributed by atoms with Gasteiger partial charge in [0, 0.05) is 6.04 Å². The number of benzene rings is 1. The van der Waals surface area contributed by atoms with E-state index >= 15 is 0 Å². The number of nitrogens with two attached hydrogens (primary N) is 1. The van der Waals surface area contributed by atoms with Crippen molar-refractivity contribution in [2.75, 3.05) is 0 Å². The van der Waals surface area contributed by atoms with Crippen LogP contribution in [0.5, 0.6) is 0 Å². The molecule has 13 heavy (non-hydrogen) atoms. The van der Waals surface area contributed by atoms with Crippen molar-refractivity contribution in [3.05, 3.63) is 34.4 Å². The second-order valence-corrected chi connectivity index (χ2v) is 3.90. The van der Waals surface area contributed by atoms with Crippen LogP contribution in [0.2, 0.25) is 0 Å². The van der Waals surface area contributed by atoms with Crippen molar-refractivity contribution < 1.29 is 5.11 Å². The van der Waals surface area contributed by atoms with Gasteiger partial charge in [-0.05, 0) is 42.5 Å². The summed E-state index contributed by atoms with van der Waals surface area (Å²) < 4.78 is 0. The van der Waals surface area contributed by atoms with E-state index in [1.54, 1.807) is 0 Å². The Balaban J connectivity index is 2.61. The van der Waals surface area contributed by atoms with Gasteiger partial charge in [-0.15, -0.1) is 0 Å². The van der Waals surface area contributed by atoms with Crippen molar-refractivity contribution in [3.8, 4) is 0 Å². The van der Waals surface area contributed by atoms with E-state index in [0.717, 1.165) is 17.5 Å².